The number of amides is 2. The van der Waals surface area contributed by atoms with E-state index in [1.807, 2.05) is 29.3 Å². The van der Waals surface area contributed by atoms with Crippen molar-refractivity contribution < 1.29 is 19.4 Å². The van der Waals surface area contributed by atoms with Crippen LogP contribution in [0, 0.1) is 5.92 Å². The largest absolute Gasteiger partial charge is 0.497 e. The maximum Gasteiger partial charge on any atom is 0.317 e. The second-order valence-electron chi connectivity index (χ2n) is 7.88. The van der Waals surface area contributed by atoms with Gasteiger partial charge < -0.3 is 25.0 Å². The number of aromatic amines is 1. The first-order chi connectivity index (χ1) is 14.0. The number of ether oxygens (including phenoxy) is 1. The maximum absolute atomic E-state index is 12.6. The van der Waals surface area contributed by atoms with Crippen molar-refractivity contribution in [1.82, 2.24) is 15.2 Å². The third-order valence-electron chi connectivity index (χ3n) is 6.14. The molecule has 2 amide bonds. The lowest BCUT2D eigenvalue weighted by atomic mass is 9.86. The molecule has 2 heterocycles. The normalized spacial score (nSPS) is 22.2. The number of nitrogens with one attached hydrogen (secondary N) is 2. The molecule has 0 spiro atoms. The van der Waals surface area contributed by atoms with Crippen LogP contribution in [0.15, 0.2) is 30.5 Å². The van der Waals surface area contributed by atoms with Crippen LogP contribution in [0.25, 0.3) is 16.5 Å². The number of aromatic nitrogens is 1. The molecule has 1 fully saturated rings. The molecule has 0 atom stereocenters. The standard InChI is InChI=1S/C22H27N3O4/c1-29-17-6-7-20-18(12-17)19(13-23-20)14-8-10-25(11-9-14)22(28)24-16-4-2-15(3-5-16)21(26)27/h6-8,12-13,15-16,23H,2-5,9-11H2,1H3,(H,24,28)(H,26,27). The highest BCUT2D eigenvalue weighted by Gasteiger charge is 2.28. The van der Waals surface area contributed by atoms with Crippen LogP contribution in [-0.4, -0.2) is 53.2 Å². The minimum Gasteiger partial charge on any atom is -0.497 e. The molecule has 0 saturated heterocycles. The van der Waals surface area contributed by atoms with Gasteiger partial charge in [0.2, 0.25) is 0 Å². The Kier molecular flexibility index (Phi) is 5.47. The molecule has 2 aliphatic rings. The smallest absolute Gasteiger partial charge is 0.317 e. The summed E-state index contributed by atoms with van der Waals surface area (Å²) < 4.78 is 5.35. The first kappa shape index (κ1) is 19.4. The molecule has 4 rings (SSSR count). The van der Waals surface area contributed by atoms with Crippen LogP contribution in [-0.2, 0) is 4.79 Å². The van der Waals surface area contributed by atoms with Crippen molar-refractivity contribution in [1.29, 1.82) is 0 Å². The third-order valence-corrected chi connectivity index (χ3v) is 6.14. The molecule has 1 aliphatic heterocycles. The predicted molar refractivity (Wildman–Crippen MR) is 111 cm³/mol. The molecule has 1 aliphatic carbocycles. The Morgan fingerprint density at radius 3 is 2.69 bits per heavy atom. The fraction of sp³-hybridized carbons (Fsp3) is 0.455. The minimum absolute atomic E-state index is 0.0559. The number of benzene rings is 1. The number of carboxylic acid groups (broad SMARTS) is 1. The van der Waals surface area contributed by atoms with Crippen LogP contribution in [0.3, 0.4) is 0 Å². The average Bonchev–Trinajstić information content (AvgIpc) is 3.17. The van der Waals surface area contributed by atoms with E-state index in [0.717, 1.165) is 41.5 Å². The SMILES string of the molecule is COc1ccc2[nH]cc(C3=CCN(C(=O)NC4CCC(C(=O)O)CC4)CC3)c2c1. The van der Waals surface area contributed by atoms with Crippen molar-refractivity contribution in [3.05, 3.63) is 36.0 Å². The van der Waals surface area contributed by atoms with E-state index < -0.39 is 5.97 Å². The van der Waals surface area contributed by atoms with E-state index >= 15 is 0 Å². The number of urea groups is 1. The zero-order valence-electron chi connectivity index (χ0n) is 16.6. The molecule has 2 aromatic rings. The molecule has 3 N–H and O–H groups in total. The van der Waals surface area contributed by atoms with Gasteiger partial charge in [-0.1, -0.05) is 6.08 Å². The summed E-state index contributed by atoms with van der Waals surface area (Å²) in [6.07, 6.45) is 7.66. The molecule has 0 radical (unpaired) electrons. The lowest BCUT2D eigenvalue weighted by Gasteiger charge is -2.31. The summed E-state index contributed by atoms with van der Waals surface area (Å²) in [5, 5.41) is 13.3. The number of aliphatic carboxylic acids is 1. The Bertz CT molecular complexity index is 941. The van der Waals surface area contributed by atoms with Crippen molar-refractivity contribution in [3.63, 3.8) is 0 Å². The molecule has 0 unspecified atom stereocenters. The van der Waals surface area contributed by atoms with Gasteiger partial charge in [0.1, 0.15) is 5.75 Å². The van der Waals surface area contributed by atoms with Crippen LogP contribution in [0.1, 0.15) is 37.7 Å². The topological polar surface area (TPSA) is 94.7 Å². The average molecular weight is 397 g/mol. The van der Waals surface area contributed by atoms with Gasteiger partial charge in [-0.05, 0) is 55.9 Å². The second kappa shape index (κ2) is 8.19. The van der Waals surface area contributed by atoms with Crippen molar-refractivity contribution in [2.24, 2.45) is 5.92 Å². The number of methoxy groups -OCH3 is 1. The molecule has 7 heteroatoms. The highest BCUT2D eigenvalue weighted by atomic mass is 16.5. The van der Waals surface area contributed by atoms with Crippen molar-refractivity contribution in [2.45, 2.75) is 38.1 Å². The second-order valence-corrected chi connectivity index (χ2v) is 7.88. The Morgan fingerprint density at radius 1 is 1.24 bits per heavy atom. The number of fused-ring (bicyclic) bond motifs is 1. The van der Waals surface area contributed by atoms with E-state index in [-0.39, 0.29) is 18.0 Å². The summed E-state index contributed by atoms with van der Waals surface area (Å²) in [4.78, 5) is 28.8. The zero-order valence-corrected chi connectivity index (χ0v) is 16.6. The van der Waals surface area contributed by atoms with Crippen LogP contribution in [0.2, 0.25) is 0 Å². The molecule has 1 saturated carbocycles. The number of rotatable bonds is 4. The van der Waals surface area contributed by atoms with E-state index in [4.69, 9.17) is 9.84 Å². The first-order valence-corrected chi connectivity index (χ1v) is 10.2. The van der Waals surface area contributed by atoms with E-state index in [1.54, 1.807) is 7.11 Å². The predicted octanol–water partition coefficient (Wildman–Crippen LogP) is 3.62. The zero-order chi connectivity index (χ0) is 20.4. The molecule has 29 heavy (non-hydrogen) atoms. The molecule has 1 aromatic carbocycles. The molecule has 1 aromatic heterocycles. The van der Waals surface area contributed by atoms with Crippen LogP contribution < -0.4 is 10.1 Å². The first-order valence-electron chi connectivity index (χ1n) is 10.2. The lowest BCUT2D eigenvalue weighted by molar-refractivity contribution is -0.142. The van der Waals surface area contributed by atoms with E-state index in [9.17, 15) is 9.59 Å². The summed E-state index contributed by atoms with van der Waals surface area (Å²) in [5.41, 5.74) is 3.46. The van der Waals surface area contributed by atoms with Crippen molar-refractivity contribution >= 4 is 28.5 Å². The summed E-state index contributed by atoms with van der Waals surface area (Å²) in [6.45, 7) is 1.24. The molecule has 0 bridgehead atoms. The van der Waals surface area contributed by atoms with Crippen LogP contribution in [0.4, 0.5) is 4.79 Å². The Hall–Kier alpha value is -2.96. The fourth-order valence-corrected chi connectivity index (χ4v) is 4.34. The van der Waals surface area contributed by atoms with E-state index in [0.29, 0.717) is 25.9 Å². The fourth-order valence-electron chi connectivity index (χ4n) is 4.34. The highest BCUT2D eigenvalue weighted by Crippen LogP contribution is 2.31. The molecule has 154 valence electrons. The molecule has 7 nitrogen and oxygen atoms in total. The van der Waals surface area contributed by atoms with Gasteiger partial charge in [-0.25, -0.2) is 4.79 Å². The van der Waals surface area contributed by atoms with Gasteiger partial charge in [0.15, 0.2) is 0 Å². The maximum atomic E-state index is 12.6. The van der Waals surface area contributed by atoms with E-state index in [2.05, 4.69) is 16.4 Å². The Balaban J connectivity index is 1.37. The van der Waals surface area contributed by atoms with Crippen molar-refractivity contribution in [3.8, 4) is 5.75 Å². The lowest BCUT2D eigenvalue weighted by Crippen LogP contribution is -2.47. The molecular weight excluding hydrogens is 370 g/mol. The van der Waals surface area contributed by atoms with Crippen LogP contribution >= 0.6 is 0 Å². The van der Waals surface area contributed by atoms with Gasteiger partial charge in [-0.15, -0.1) is 0 Å². The van der Waals surface area contributed by atoms with Crippen molar-refractivity contribution in [2.75, 3.05) is 20.2 Å². The minimum atomic E-state index is -0.724. The Morgan fingerprint density at radius 2 is 2.03 bits per heavy atom. The highest BCUT2D eigenvalue weighted by molar-refractivity contribution is 5.94. The van der Waals surface area contributed by atoms with Gasteiger partial charge >= 0.3 is 12.0 Å². The number of nitrogens with zero attached hydrogens (tertiary/aromatic N) is 1. The van der Waals surface area contributed by atoms with Gasteiger partial charge in [-0.2, -0.15) is 0 Å². The summed E-state index contributed by atoms with van der Waals surface area (Å²) >= 11 is 0. The number of hydrogen-bond donors (Lipinski definition) is 3. The third kappa shape index (κ3) is 4.09. The number of carboxylic acids is 1. The number of carbonyl (C=O) groups excluding carboxylic acids is 1. The number of hydrogen-bond acceptors (Lipinski definition) is 3. The van der Waals surface area contributed by atoms with E-state index in [1.165, 1.54) is 5.57 Å². The van der Waals surface area contributed by atoms with Gasteiger partial charge in [-0.3, -0.25) is 4.79 Å². The quantitative estimate of drug-likeness (QED) is 0.734. The number of carbonyl (C=O) groups is 2. The summed E-state index contributed by atoms with van der Waals surface area (Å²) in [6, 6.07) is 6.01. The number of H-pyrrole nitrogens is 1. The summed E-state index contributed by atoms with van der Waals surface area (Å²) in [5.74, 6) is -0.162. The van der Waals surface area contributed by atoms with Gasteiger partial charge in [0.05, 0.1) is 13.0 Å². The van der Waals surface area contributed by atoms with Gasteiger partial charge in [0.25, 0.3) is 0 Å². The monoisotopic (exact) mass is 397 g/mol. The molecular formula is C22H27N3O4. The Labute approximate surface area is 169 Å². The van der Waals surface area contributed by atoms with Gasteiger partial charge in [0, 0.05) is 41.8 Å². The summed E-state index contributed by atoms with van der Waals surface area (Å²) in [7, 11) is 1.66. The van der Waals surface area contributed by atoms with Crippen LogP contribution in [0.5, 0.6) is 5.75 Å².